The third-order valence-electron chi connectivity index (χ3n) is 2.61. The normalized spacial score (nSPS) is 10.3. The lowest BCUT2D eigenvalue weighted by atomic mass is 10.2. The minimum absolute atomic E-state index is 0.191. The van der Waals surface area contributed by atoms with Gasteiger partial charge in [0.2, 0.25) is 0 Å². The molecule has 5 heteroatoms. The molecule has 0 spiro atoms. The van der Waals surface area contributed by atoms with Gasteiger partial charge in [-0.25, -0.2) is 4.39 Å². The minimum Gasteiger partial charge on any atom is -0.319 e. The van der Waals surface area contributed by atoms with Crippen molar-refractivity contribution < 1.29 is 9.18 Å². The Bertz CT molecular complexity index is 645. The monoisotopic (exact) mass is 433 g/mol. The van der Waals surface area contributed by atoms with Crippen LogP contribution in [0.15, 0.2) is 40.9 Å². The Balaban J connectivity index is 2.31. The first-order valence-electron chi connectivity index (χ1n) is 5.50. The Kier molecular flexibility index (Phi) is 4.57. The van der Waals surface area contributed by atoms with Crippen LogP contribution in [0.25, 0.3) is 0 Å². The second-order valence-electron chi connectivity index (χ2n) is 4.01. The molecule has 0 atom stereocenters. The molecular weight excluding hydrogens is 424 g/mol. The lowest BCUT2D eigenvalue weighted by Gasteiger charge is -2.09. The standard InChI is InChI=1S/C14H10BrFINO/c1-8-3-2-4-12(13(8)16)18-14(19)10-7-9(17)5-6-11(10)15/h2-7H,1H3,(H,18,19). The smallest absolute Gasteiger partial charge is 0.256 e. The summed E-state index contributed by atoms with van der Waals surface area (Å²) in [6.07, 6.45) is 0. The molecule has 0 bridgehead atoms. The number of amides is 1. The van der Waals surface area contributed by atoms with Gasteiger partial charge in [-0.05, 0) is 75.3 Å². The molecule has 0 saturated heterocycles. The Morgan fingerprint density at radius 2 is 2.05 bits per heavy atom. The van der Waals surface area contributed by atoms with E-state index in [9.17, 15) is 9.18 Å². The molecule has 0 fully saturated rings. The topological polar surface area (TPSA) is 29.1 Å². The zero-order chi connectivity index (χ0) is 14.0. The highest BCUT2D eigenvalue weighted by Crippen LogP contribution is 2.22. The third-order valence-corrected chi connectivity index (χ3v) is 3.98. The zero-order valence-electron chi connectivity index (χ0n) is 10.0. The van der Waals surface area contributed by atoms with E-state index in [1.807, 2.05) is 6.07 Å². The fourth-order valence-corrected chi connectivity index (χ4v) is 2.52. The van der Waals surface area contributed by atoms with Crippen LogP contribution in [-0.4, -0.2) is 5.91 Å². The third kappa shape index (κ3) is 3.33. The van der Waals surface area contributed by atoms with Crippen LogP contribution in [0.3, 0.4) is 0 Å². The Hall–Kier alpha value is -0.950. The van der Waals surface area contributed by atoms with E-state index in [2.05, 4.69) is 43.8 Å². The zero-order valence-corrected chi connectivity index (χ0v) is 13.7. The molecule has 0 aromatic heterocycles. The van der Waals surface area contributed by atoms with Crippen molar-refractivity contribution in [1.82, 2.24) is 0 Å². The van der Waals surface area contributed by atoms with Gasteiger partial charge >= 0.3 is 0 Å². The van der Waals surface area contributed by atoms with E-state index in [4.69, 9.17) is 0 Å². The van der Waals surface area contributed by atoms with Gasteiger partial charge in [-0.2, -0.15) is 0 Å². The maximum Gasteiger partial charge on any atom is 0.256 e. The van der Waals surface area contributed by atoms with Gasteiger partial charge in [-0.15, -0.1) is 0 Å². The van der Waals surface area contributed by atoms with Crippen LogP contribution < -0.4 is 5.32 Å². The lowest BCUT2D eigenvalue weighted by Crippen LogP contribution is -2.14. The molecule has 0 aliphatic carbocycles. The molecular formula is C14H10BrFINO. The molecule has 2 nitrogen and oxygen atoms in total. The molecule has 0 heterocycles. The molecule has 2 rings (SSSR count). The molecule has 2 aromatic rings. The maximum absolute atomic E-state index is 13.8. The molecule has 0 saturated carbocycles. The number of nitrogens with one attached hydrogen (secondary N) is 1. The van der Waals surface area contributed by atoms with E-state index < -0.39 is 5.82 Å². The van der Waals surface area contributed by atoms with Gasteiger partial charge in [-0.3, -0.25) is 4.79 Å². The van der Waals surface area contributed by atoms with Crippen molar-refractivity contribution in [1.29, 1.82) is 0 Å². The van der Waals surface area contributed by atoms with Crippen molar-refractivity contribution in [3.8, 4) is 0 Å². The van der Waals surface area contributed by atoms with E-state index in [0.29, 0.717) is 15.6 Å². The summed E-state index contributed by atoms with van der Waals surface area (Å²) in [5, 5.41) is 2.59. The van der Waals surface area contributed by atoms with Gasteiger partial charge in [0.05, 0.1) is 11.3 Å². The van der Waals surface area contributed by atoms with Crippen LogP contribution in [0.2, 0.25) is 0 Å². The number of hydrogen-bond donors (Lipinski definition) is 1. The highest BCUT2D eigenvalue weighted by Gasteiger charge is 2.13. The van der Waals surface area contributed by atoms with Crippen LogP contribution in [0.1, 0.15) is 15.9 Å². The predicted molar refractivity (Wildman–Crippen MR) is 85.9 cm³/mol. The van der Waals surface area contributed by atoms with Crippen molar-refractivity contribution in [2.45, 2.75) is 6.92 Å². The number of aryl methyl sites for hydroxylation is 1. The number of rotatable bonds is 2. The van der Waals surface area contributed by atoms with Gasteiger partial charge in [0.15, 0.2) is 0 Å². The van der Waals surface area contributed by atoms with Crippen molar-refractivity contribution in [2.24, 2.45) is 0 Å². The van der Waals surface area contributed by atoms with Crippen molar-refractivity contribution in [3.63, 3.8) is 0 Å². The van der Waals surface area contributed by atoms with Gasteiger partial charge in [0, 0.05) is 8.04 Å². The van der Waals surface area contributed by atoms with Crippen LogP contribution in [0.4, 0.5) is 10.1 Å². The number of carbonyl (C=O) groups is 1. The number of halogens is 3. The van der Waals surface area contributed by atoms with Gasteiger partial charge in [-0.1, -0.05) is 12.1 Å². The first-order chi connectivity index (χ1) is 8.99. The van der Waals surface area contributed by atoms with E-state index in [-0.39, 0.29) is 11.6 Å². The summed E-state index contributed by atoms with van der Waals surface area (Å²) < 4.78 is 15.4. The Morgan fingerprint density at radius 1 is 1.32 bits per heavy atom. The number of hydrogen-bond acceptors (Lipinski definition) is 1. The largest absolute Gasteiger partial charge is 0.319 e. The number of benzene rings is 2. The second-order valence-corrected chi connectivity index (χ2v) is 6.11. The molecule has 0 radical (unpaired) electrons. The van der Waals surface area contributed by atoms with Crippen LogP contribution in [0, 0.1) is 16.3 Å². The minimum atomic E-state index is -0.405. The Morgan fingerprint density at radius 3 is 2.79 bits per heavy atom. The van der Waals surface area contributed by atoms with Gasteiger partial charge < -0.3 is 5.32 Å². The average Bonchev–Trinajstić information content (AvgIpc) is 2.38. The fraction of sp³-hybridized carbons (Fsp3) is 0.0714. The molecule has 2 aromatic carbocycles. The molecule has 0 aliphatic rings. The molecule has 1 amide bonds. The summed E-state index contributed by atoms with van der Waals surface area (Å²) in [7, 11) is 0. The van der Waals surface area contributed by atoms with E-state index in [1.165, 1.54) is 0 Å². The summed E-state index contributed by atoms with van der Waals surface area (Å²) in [6.45, 7) is 1.66. The summed E-state index contributed by atoms with van der Waals surface area (Å²) in [6, 6.07) is 10.3. The van der Waals surface area contributed by atoms with Gasteiger partial charge in [0.25, 0.3) is 5.91 Å². The first-order valence-corrected chi connectivity index (χ1v) is 7.37. The lowest BCUT2D eigenvalue weighted by molar-refractivity contribution is 0.102. The van der Waals surface area contributed by atoms with Crippen molar-refractivity contribution in [2.75, 3.05) is 5.32 Å². The number of carbonyl (C=O) groups excluding carboxylic acids is 1. The molecule has 1 N–H and O–H groups in total. The molecule has 98 valence electrons. The number of anilines is 1. The average molecular weight is 434 g/mol. The SMILES string of the molecule is Cc1cccc(NC(=O)c2cc(I)ccc2Br)c1F. The Labute approximate surface area is 132 Å². The molecule has 0 aliphatic heterocycles. The van der Waals surface area contributed by atoms with Crippen LogP contribution in [-0.2, 0) is 0 Å². The highest BCUT2D eigenvalue weighted by atomic mass is 127. The quantitative estimate of drug-likeness (QED) is 0.680. The maximum atomic E-state index is 13.8. The van der Waals surface area contributed by atoms with E-state index in [1.54, 1.807) is 37.3 Å². The van der Waals surface area contributed by atoms with Crippen molar-refractivity contribution in [3.05, 3.63) is 61.4 Å². The summed E-state index contributed by atoms with van der Waals surface area (Å²) in [5.41, 5.74) is 1.17. The fourth-order valence-electron chi connectivity index (χ4n) is 1.61. The highest BCUT2D eigenvalue weighted by molar-refractivity contribution is 14.1. The first kappa shape index (κ1) is 14.5. The van der Waals surface area contributed by atoms with Crippen LogP contribution in [0.5, 0.6) is 0 Å². The summed E-state index contributed by atoms with van der Waals surface area (Å²) >= 11 is 5.44. The van der Waals surface area contributed by atoms with E-state index in [0.717, 1.165) is 3.57 Å². The summed E-state index contributed by atoms with van der Waals surface area (Å²) in [4.78, 5) is 12.1. The van der Waals surface area contributed by atoms with Gasteiger partial charge in [0.1, 0.15) is 5.82 Å². The van der Waals surface area contributed by atoms with E-state index >= 15 is 0 Å². The van der Waals surface area contributed by atoms with Crippen molar-refractivity contribution >= 4 is 50.1 Å². The van der Waals surface area contributed by atoms with Crippen LogP contribution >= 0.6 is 38.5 Å². The molecule has 0 unspecified atom stereocenters. The predicted octanol–water partition coefficient (Wildman–Crippen LogP) is 4.75. The summed E-state index contributed by atoms with van der Waals surface area (Å²) in [5.74, 6) is -0.743. The second kappa shape index (κ2) is 6.00. The molecule has 19 heavy (non-hydrogen) atoms.